The van der Waals surface area contributed by atoms with Crippen molar-refractivity contribution in [1.82, 2.24) is 0 Å². The van der Waals surface area contributed by atoms with E-state index in [0.717, 1.165) is 36.5 Å². The van der Waals surface area contributed by atoms with Crippen molar-refractivity contribution in [1.29, 1.82) is 0 Å². The van der Waals surface area contributed by atoms with E-state index in [2.05, 4.69) is 6.92 Å². The Morgan fingerprint density at radius 3 is 2.06 bits per heavy atom. The molecule has 0 amide bonds. The molecule has 170 valence electrons. The van der Waals surface area contributed by atoms with Crippen LogP contribution in [0, 0.1) is 29.3 Å². The lowest BCUT2D eigenvalue weighted by Crippen LogP contribution is -2.17. The fraction of sp³-hybridized carbons (Fsp3) is 0.556. The van der Waals surface area contributed by atoms with Crippen LogP contribution in [0.25, 0.3) is 0 Å². The van der Waals surface area contributed by atoms with Crippen LogP contribution in [0.1, 0.15) is 89.2 Å². The summed E-state index contributed by atoms with van der Waals surface area (Å²) >= 11 is 0. The first-order valence-electron chi connectivity index (χ1n) is 11.9. The molecule has 0 saturated heterocycles. The van der Waals surface area contributed by atoms with E-state index in [1.165, 1.54) is 57.8 Å². The second-order valence-corrected chi connectivity index (χ2v) is 9.03. The molecule has 0 aliphatic heterocycles. The molecule has 4 heteroatoms. The first kappa shape index (κ1) is 23.7. The highest BCUT2D eigenvalue weighted by Crippen LogP contribution is 2.37. The van der Waals surface area contributed by atoms with Gasteiger partial charge >= 0.3 is 0 Å². The average Bonchev–Trinajstić information content (AvgIpc) is 2.79. The molecule has 1 aliphatic rings. The zero-order chi connectivity index (χ0) is 22.1. The van der Waals surface area contributed by atoms with Gasteiger partial charge in [0.2, 0.25) is 0 Å². The number of benzene rings is 2. The van der Waals surface area contributed by atoms with Crippen LogP contribution in [0.4, 0.5) is 13.2 Å². The van der Waals surface area contributed by atoms with Crippen LogP contribution in [0.5, 0.6) is 5.75 Å². The van der Waals surface area contributed by atoms with Crippen molar-refractivity contribution in [3.63, 3.8) is 0 Å². The van der Waals surface area contributed by atoms with Gasteiger partial charge < -0.3 is 4.74 Å². The van der Waals surface area contributed by atoms with Crippen LogP contribution in [-0.2, 0) is 0 Å². The molecule has 1 unspecified atom stereocenters. The van der Waals surface area contributed by atoms with Gasteiger partial charge in [0.05, 0.1) is 0 Å². The number of hydrogen-bond acceptors (Lipinski definition) is 1. The molecule has 2 aromatic rings. The molecule has 1 atom stereocenters. The van der Waals surface area contributed by atoms with Crippen LogP contribution >= 0.6 is 0 Å². The standard InChI is InChI=1S/C27H35F3O/c1-2-3-4-6-9-20-12-14-21(15-13-20)16-17-26(22-10-7-5-8-11-22)31-23-18-24(28)27(30)25(29)19-23/h5,7-8,10-11,18-21,26H,2-4,6,9,12-17H2,1H3/t20-,21-,26?. The molecule has 0 bridgehead atoms. The quantitative estimate of drug-likeness (QED) is 0.255. The van der Waals surface area contributed by atoms with Gasteiger partial charge in [0.1, 0.15) is 11.9 Å². The third kappa shape index (κ3) is 7.29. The molecule has 0 spiro atoms. The van der Waals surface area contributed by atoms with Gasteiger partial charge in [0.15, 0.2) is 17.5 Å². The maximum atomic E-state index is 13.6. The summed E-state index contributed by atoms with van der Waals surface area (Å²) in [5.41, 5.74) is 0.970. The summed E-state index contributed by atoms with van der Waals surface area (Å²) in [6.07, 6.45) is 13.3. The predicted molar refractivity (Wildman–Crippen MR) is 120 cm³/mol. The molecule has 1 nitrogen and oxygen atoms in total. The van der Waals surface area contributed by atoms with E-state index in [9.17, 15) is 13.2 Å². The van der Waals surface area contributed by atoms with Gasteiger partial charge in [-0.25, -0.2) is 13.2 Å². The summed E-state index contributed by atoms with van der Waals surface area (Å²) in [7, 11) is 0. The molecule has 1 fully saturated rings. The normalized spacial score (nSPS) is 19.9. The molecule has 3 rings (SSSR count). The summed E-state index contributed by atoms with van der Waals surface area (Å²) in [6, 6.07) is 11.6. The highest BCUT2D eigenvalue weighted by Gasteiger charge is 2.23. The SMILES string of the molecule is CCCCCC[C@H]1CC[C@H](CCC(Oc2cc(F)c(F)c(F)c2)c2ccccc2)CC1. The summed E-state index contributed by atoms with van der Waals surface area (Å²) in [5.74, 6) is -2.34. The van der Waals surface area contributed by atoms with Crippen LogP contribution in [0.2, 0.25) is 0 Å². The highest BCUT2D eigenvalue weighted by atomic mass is 19.2. The van der Waals surface area contributed by atoms with Gasteiger partial charge in [-0.05, 0) is 30.2 Å². The number of rotatable bonds is 11. The van der Waals surface area contributed by atoms with E-state index in [1.54, 1.807) is 0 Å². The van der Waals surface area contributed by atoms with E-state index in [0.29, 0.717) is 5.92 Å². The van der Waals surface area contributed by atoms with Crippen molar-refractivity contribution in [3.05, 3.63) is 65.5 Å². The first-order chi connectivity index (χ1) is 15.1. The third-order valence-corrected chi connectivity index (χ3v) is 6.68. The zero-order valence-electron chi connectivity index (χ0n) is 18.6. The minimum atomic E-state index is -1.46. The smallest absolute Gasteiger partial charge is 0.194 e. The lowest BCUT2D eigenvalue weighted by molar-refractivity contribution is 0.166. The molecule has 0 heterocycles. The number of hydrogen-bond donors (Lipinski definition) is 0. The van der Waals surface area contributed by atoms with Crippen molar-refractivity contribution in [3.8, 4) is 5.75 Å². The molecular formula is C27H35F3O. The summed E-state index contributed by atoms with van der Waals surface area (Å²) < 4.78 is 46.5. The van der Waals surface area contributed by atoms with E-state index < -0.39 is 17.5 Å². The van der Waals surface area contributed by atoms with E-state index >= 15 is 0 Å². The monoisotopic (exact) mass is 432 g/mol. The molecule has 31 heavy (non-hydrogen) atoms. The molecule has 2 aromatic carbocycles. The van der Waals surface area contributed by atoms with Gasteiger partial charge in [0, 0.05) is 12.1 Å². The van der Waals surface area contributed by atoms with Crippen molar-refractivity contribution in [2.45, 2.75) is 83.7 Å². The predicted octanol–water partition coefficient (Wildman–Crippen LogP) is 8.78. The van der Waals surface area contributed by atoms with Crippen LogP contribution in [0.3, 0.4) is 0 Å². The largest absolute Gasteiger partial charge is 0.486 e. The second kappa shape index (κ2) is 12.2. The lowest BCUT2D eigenvalue weighted by atomic mass is 9.77. The zero-order valence-corrected chi connectivity index (χ0v) is 18.6. The van der Waals surface area contributed by atoms with Gasteiger partial charge in [-0.15, -0.1) is 0 Å². The number of halogens is 3. The molecule has 0 radical (unpaired) electrons. The minimum Gasteiger partial charge on any atom is -0.486 e. The molecule has 0 N–H and O–H groups in total. The summed E-state index contributed by atoms with van der Waals surface area (Å²) in [6.45, 7) is 2.25. The minimum absolute atomic E-state index is 0.0287. The Morgan fingerprint density at radius 2 is 1.45 bits per heavy atom. The summed E-state index contributed by atoms with van der Waals surface area (Å²) in [4.78, 5) is 0. The van der Waals surface area contributed by atoms with E-state index in [4.69, 9.17) is 4.74 Å². The topological polar surface area (TPSA) is 9.23 Å². The van der Waals surface area contributed by atoms with Gasteiger partial charge in [0.25, 0.3) is 0 Å². The van der Waals surface area contributed by atoms with Crippen LogP contribution in [0.15, 0.2) is 42.5 Å². The fourth-order valence-corrected chi connectivity index (χ4v) is 4.78. The molecular weight excluding hydrogens is 397 g/mol. The van der Waals surface area contributed by atoms with Crippen molar-refractivity contribution >= 4 is 0 Å². The lowest BCUT2D eigenvalue weighted by Gasteiger charge is -2.30. The van der Waals surface area contributed by atoms with Crippen LogP contribution in [-0.4, -0.2) is 0 Å². The molecule has 1 saturated carbocycles. The first-order valence-corrected chi connectivity index (χ1v) is 11.9. The van der Waals surface area contributed by atoms with Gasteiger partial charge in [-0.1, -0.05) is 95.0 Å². The fourth-order valence-electron chi connectivity index (χ4n) is 4.78. The van der Waals surface area contributed by atoms with Gasteiger partial charge in [-0.2, -0.15) is 0 Å². The Labute approximate surface area is 185 Å². The number of ether oxygens (including phenoxy) is 1. The van der Waals surface area contributed by atoms with Crippen molar-refractivity contribution < 1.29 is 17.9 Å². The maximum absolute atomic E-state index is 13.6. The van der Waals surface area contributed by atoms with Crippen LogP contribution < -0.4 is 4.74 Å². The Balaban J connectivity index is 1.55. The summed E-state index contributed by atoms with van der Waals surface area (Å²) in [5, 5.41) is 0. The molecule has 1 aliphatic carbocycles. The van der Waals surface area contributed by atoms with E-state index in [-0.39, 0.29) is 11.9 Å². The van der Waals surface area contributed by atoms with E-state index in [1.807, 2.05) is 30.3 Å². The Bertz CT molecular complexity index is 761. The van der Waals surface area contributed by atoms with Gasteiger partial charge in [-0.3, -0.25) is 0 Å². The second-order valence-electron chi connectivity index (χ2n) is 9.03. The van der Waals surface area contributed by atoms with Crippen molar-refractivity contribution in [2.24, 2.45) is 11.8 Å². The Hall–Kier alpha value is -1.97. The molecule has 0 aromatic heterocycles. The average molecular weight is 433 g/mol. The maximum Gasteiger partial charge on any atom is 0.194 e. The number of unbranched alkanes of at least 4 members (excludes halogenated alkanes) is 3. The highest BCUT2D eigenvalue weighted by molar-refractivity contribution is 5.27. The third-order valence-electron chi connectivity index (χ3n) is 6.68. The Morgan fingerprint density at radius 1 is 0.839 bits per heavy atom. The van der Waals surface area contributed by atoms with Crippen molar-refractivity contribution in [2.75, 3.05) is 0 Å². The Kier molecular flexibility index (Phi) is 9.30.